The second-order valence-corrected chi connectivity index (χ2v) is 9.19. The molecule has 6 nitrogen and oxygen atoms in total. The van der Waals surface area contributed by atoms with Gasteiger partial charge in [0.15, 0.2) is 0 Å². The number of nitrogens with zero attached hydrogens (tertiary/aromatic N) is 3. The predicted molar refractivity (Wildman–Crippen MR) is 118 cm³/mol. The van der Waals surface area contributed by atoms with Crippen molar-refractivity contribution in [3.63, 3.8) is 0 Å². The minimum atomic E-state index is 0.0448. The minimum Gasteiger partial charge on any atom is -0.494 e. The molecule has 6 heteroatoms. The molecule has 0 bridgehead atoms. The van der Waals surface area contributed by atoms with E-state index in [1.165, 1.54) is 5.56 Å². The molecule has 0 aliphatic carbocycles. The Morgan fingerprint density at radius 1 is 1.10 bits per heavy atom. The normalized spacial score (nSPS) is 24.6. The number of aryl methyl sites for hydroxylation is 1. The summed E-state index contributed by atoms with van der Waals surface area (Å²) in [4.78, 5) is 19.6. The van der Waals surface area contributed by atoms with E-state index in [0.29, 0.717) is 19.1 Å². The number of piperazine rings is 1. The van der Waals surface area contributed by atoms with Gasteiger partial charge in [-0.15, -0.1) is 0 Å². The molecule has 1 amide bonds. The van der Waals surface area contributed by atoms with Crippen LogP contribution in [0.25, 0.3) is 0 Å². The molecule has 3 fully saturated rings. The smallest absolute Gasteiger partial charge is 0.222 e. The number of hydrogen-bond acceptors (Lipinski definition) is 5. The van der Waals surface area contributed by atoms with Gasteiger partial charge in [-0.3, -0.25) is 9.69 Å². The highest BCUT2D eigenvalue weighted by Crippen LogP contribution is 2.41. The topological polar surface area (TPSA) is 45.2 Å². The van der Waals surface area contributed by atoms with E-state index in [1.807, 2.05) is 24.0 Å². The van der Waals surface area contributed by atoms with Crippen molar-refractivity contribution in [2.75, 3.05) is 59.5 Å². The number of rotatable bonds is 7. The Labute approximate surface area is 181 Å². The minimum absolute atomic E-state index is 0.0448. The Morgan fingerprint density at radius 3 is 2.40 bits per heavy atom. The maximum absolute atomic E-state index is 12.7. The summed E-state index contributed by atoms with van der Waals surface area (Å²) in [5.74, 6) is 1.16. The van der Waals surface area contributed by atoms with Gasteiger partial charge in [-0.1, -0.05) is 12.1 Å². The summed E-state index contributed by atoms with van der Waals surface area (Å²) in [6, 6.07) is 8.10. The highest BCUT2D eigenvalue weighted by molar-refractivity contribution is 5.76. The van der Waals surface area contributed by atoms with E-state index in [4.69, 9.17) is 9.47 Å². The average molecular weight is 416 g/mol. The fourth-order valence-corrected chi connectivity index (χ4v) is 4.99. The van der Waals surface area contributed by atoms with Crippen LogP contribution in [0.2, 0.25) is 0 Å². The number of likely N-dealkylation sites (tertiary alicyclic amines) is 1. The lowest BCUT2D eigenvalue weighted by molar-refractivity contribution is -0.230. The highest BCUT2D eigenvalue weighted by atomic mass is 16.5. The van der Waals surface area contributed by atoms with E-state index < -0.39 is 0 Å². The van der Waals surface area contributed by atoms with Gasteiger partial charge in [0, 0.05) is 58.7 Å². The lowest BCUT2D eigenvalue weighted by atomic mass is 9.80. The number of likely N-dealkylation sites (N-methyl/N-ethyl adjacent to an activating group) is 1. The first-order chi connectivity index (χ1) is 14.5. The van der Waals surface area contributed by atoms with Crippen molar-refractivity contribution in [2.45, 2.75) is 50.7 Å². The van der Waals surface area contributed by atoms with Crippen LogP contribution in [0.15, 0.2) is 24.3 Å². The molecule has 0 aromatic heterocycles. The molecule has 1 spiro atoms. The zero-order chi connectivity index (χ0) is 21.0. The van der Waals surface area contributed by atoms with Gasteiger partial charge in [-0.2, -0.15) is 0 Å². The molecule has 166 valence electrons. The van der Waals surface area contributed by atoms with Gasteiger partial charge >= 0.3 is 0 Å². The number of ether oxygens (including phenoxy) is 2. The summed E-state index contributed by atoms with van der Waals surface area (Å²) >= 11 is 0. The first-order valence-corrected chi connectivity index (χ1v) is 11.6. The number of benzene rings is 1. The molecule has 3 aliphatic rings. The van der Waals surface area contributed by atoms with Crippen molar-refractivity contribution >= 4 is 5.91 Å². The summed E-state index contributed by atoms with van der Waals surface area (Å²) < 4.78 is 11.9. The second-order valence-electron chi connectivity index (χ2n) is 9.19. The molecule has 4 rings (SSSR count). The molecule has 1 aromatic rings. The third-order valence-corrected chi connectivity index (χ3v) is 6.96. The zero-order valence-electron chi connectivity index (χ0n) is 18.6. The van der Waals surface area contributed by atoms with Crippen LogP contribution in [-0.2, 0) is 16.0 Å². The average Bonchev–Trinajstić information content (AvgIpc) is 2.74. The molecule has 3 aliphatic heterocycles. The maximum atomic E-state index is 12.7. The summed E-state index contributed by atoms with van der Waals surface area (Å²) in [6.07, 6.45) is 4.88. The Kier molecular flexibility index (Phi) is 6.96. The van der Waals surface area contributed by atoms with Gasteiger partial charge in [0.2, 0.25) is 5.91 Å². The van der Waals surface area contributed by atoms with Crippen molar-refractivity contribution in [3.8, 4) is 5.75 Å². The Bertz CT molecular complexity index is 684. The van der Waals surface area contributed by atoms with Crippen LogP contribution in [0.1, 0.15) is 38.2 Å². The van der Waals surface area contributed by atoms with E-state index in [9.17, 15) is 4.79 Å². The molecule has 0 saturated carbocycles. The second kappa shape index (κ2) is 9.67. The van der Waals surface area contributed by atoms with E-state index in [-0.39, 0.29) is 11.5 Å². The Morgan fingerprint density at radius 2 is 1.77 bits per heavy atom. The molecule has 1 atom stereocenters. The Hall–Kier alpha value is -1.63. The lowest BCUT2D eigenvalue weighted by Crippen LogP contribution is -2.60. The van der Waals surface area contributed by atoms with Gasteiger partial charge in [0.05, 0.1) is 18.3 Å². The van der Waals surface area contributed by atoms with Crippen LogP contribution in [0.5, 0.6) is 5.75 Å². The van der Waals surface area contributed by atoms with Crippen molar-refractivity contribution in [1.82, 2.24) is 14.7 Å². The van der Waals surface area contributed by atoms with Crippen molar-refractivity contribution in [2.24, 2.45) is 0 Å². The van der Waals surface area contributed by atoms with E-state index in [2.05, 4.69) is 29.0 Å². The lowest BCUT2D eigenvalue weighted by Gasteiger charge is -2.53. The van der Waals surface area contributed by atoms with Crippen molar-refractivity contribution < 1.29 is 14.3 Å². The number of amides is 1. The van der Waals surface area contributed by atoms with Crippen LogP contribution >= 0.6 is 0 Å². The Balaban J connectivity index is 1.14. The van der Waals surface area contributed by atoms with Crippen LogP contribution in [0.3, 0.4) is 0 Å². The molecule has 1 unspecified atom stereocenters. The standard InChI is InChI=1S/C24H37N3O3/c1-3-29-21-7-4-20(5-8-21)6-9-23(28)27-12-10-24(11-13-27)18-22(30-24)19-26-16-14-25(2)15-17-26/h4-5,7-8,22H,3,6,9-19H2,1-2H3. The van der Waals surface area contributed by atoms with Crippen LogP contribution in [0.4, 0.5) is 0 Å². The third-order valence-electron chi connectivity index (χ3n) is 6.96. The first kappa shape index (κ1) is 21.6. The van der Waals surface area contributed by atoms with Crippen molar-refractivity contribution in [3.05, 3.63) is 29.8 Å². The van der Waals surface area contributed by atoms with E-state index >= 15 is 0 Å². The van der Waals surface area contributed by atoms with Gasteiger partial charge < -0.3 is 19.3 Å². The van der Waals surface area contributed by atoms with E-state index in [1.54, 1.807) is 0 Å². The zero-order valence-corrected chi connectivity index (χ0v) is 18.6. The monoisotopic (exact) mass is 415 g/mol. The van der Waals surface area contributed by atoms with Crippen LogP contribution in [0, 0.1) is 0 Å². The molecule has 3 saturated heterocycles. The fraction of sp³-hybridized carbons (Fsp3) is 0.708. The molecule has 1 aromatic carbocycles. The maximum Gasteiger partial charge on any atom is 0.222 e. The molecule has 0 radical (unpaired) electrons. The van der Waals surface area contributed by atoms with Gasteiger partial charge in [0.25, 0.3) is 0 Å². The largest absolute Gasteiger partial charge is 0.494 e. The quantitative estimate of drug-likeness (QED) is 0.684. The van der Waals surface area contributed by atoms with Gasteiger partial charge in [-0.05, 0) is 50.9 Å². The molecule has 30 heavy (non-hydrogen) atoms. The number of carbonyl (C=O) groups is 1. The highest BCUT2D eigenvalue weighted by Gasteiger charge is 2.48. The number of hydrogen-bond donors (Lipinski definition) is 0. The number of piperidine rings is 1. The summed E-state index contributed by atoms with van der Waals surface area (Å²) in [6.45, 7) is 10.0. The van der Waals surface area contributed by atoms with E-state index in [0.717, 1.165) is 77.2 Å². The number of carbonyl (C=O) groups excluding carboxylic acids is 1. The summed E-state index contributed by atoms with van der Waals surface area (Å²) in [5.41, 5.74) is 1.23. The molecule has 0 N–H and O–H groups in total. The SMILES string of the molecule is CCOc1ccc(CCC(=O)N2CCC3(CC2)CC(CN2CCN(C)CC2)O3)cc1. The summed E-state index contributed by atoms with van der Waals surface area (Å²) in [7, 11) is 2.19. The van der Waals surface area contributed by atoms with Crippen molar-refractivity contribution in [1.29, 1.82) is 0 Å². The van der Waals surface area contributed by atoms with Crippen LogP contribution in [-0.4, -0.2) is 91.8 Å². The fourth-order valence-electron chi connectivity index (χ4n) is 4.99. The molecular formula is C24H37N3O3. The predicted octanol–water partition coefficient (Wildman–Crippen LogP) is 2.42. The van der Waals surface area contributed by atoms with Gasteiger partial charge in [0.1, 0.15) is 5.75 Å². The third kappa shape index (κ3) is 5.34. The van der Waals surface area contributed by atoms with Crippen LogP contribution < -0.4 is 4.74 Å². The molecular weight excluding hydrogens is 378 g/mol. The first-order valence-electron chi connectivity index (χ1n) is 11.6. The summed E-state index contributed by atoms with van der Waals surface area (Å²) in [5, 5.41) is 0. The van der Waals surface area contributed by atoms with Gasteiger partial charge in [-0.25, -0.2) is 0 Å². The molecule has 3 heterocycles.